The maximum absolute atomic E-state index is 12.1. The van der Waals surface area contributed by atoms with Crippen LogP contribution in [0.3, 0.4) is 0 Å². The number of hydrogen-bond donors (Lipinski definition) is 2. The van der Waals surface area contributed by atoms with Crippen molar-refractivity contribution in [2.75, 3.05) is 50.1 Å². The Morgan fingerprint density at radius 3 is 2.40 bits per heavy atom. The van der Waals surface area contributed by atoms with Gasteiger partial charge in [-0.3, -0.25) is 4.79 Å². The fourth-order valence-electron chi connectivity index (χ4n) is 3.16. The minimum absolute atomic E-state index is 0.0724. The van der Waals surface area contributed by atoms with Gasteiger partial charge >= 0.3 is 0 Å². The molecule has 1 aliphatic rings. The Labute approximate surface area is 149 Å². The van der Waals surface area contributed by atoms with Crippen molar-refractivity contribution in [3.05, 3.63) is 54.6 Å². The van der Waals surface area contributed by atoms with Gasteiger partial charge in [0.25, 0.3) is 0 Å². The summed E-state index contributed by atoms with van der Waals surface area (Å²) >= 11 is 0. The molecule has 5 heteroatoms. The number of carbonyl (C=O) groups excluding carboxylic acids is 1. The molecule has 0 bridgehead atoms. The predicted octanol–water partition coefficient (Wildman–Crippen LogP) is 1.43. The summed E-state index contributed by atoms with van der Waals surface area (Å²) in [5, 5.41) is 2.95. The van der Waals surface area contributed by atoms with Crippen LogP contribution < -0.4 is 19.9 Å². The third-order valence-corrected chi connectivity index (χ3v) is 4.67. The van der Waals surface area contributed by atoms with Crippen molar-refractivity contribution in [2.24, 2.45) is 0 Å². The van der Waals surface area contributed by atoms with Gasteiger partial charge in [-0.2, -0.15) is 0 Å². The molecule has 25 heavy (non-hydrogen) atoms. The van der Waals surface area contributed by atoms with Crippen molar-refractivity contribution in [2.45, 2.75) is 6.42 Å². The number of benzene rings is 2. The van der Waals surface area contributed by atoms with Gasteiger partial charge in [0.2, 0.25) is 5.91 Å². The molecule has 3 rings (SSSR count). The van der Waals surface area contributed by atoms with E-state index >= 15 is 0 Å². The highest BCUT2D eigenvalue weighted by molar-refractivity contribution is 5.90. The number of carbonyl (C=O) groups is 1. The van der Waals surface area contributed by atoms with Gasteiger partial charge in [-0.15, -0.1) is 0 Å². The Kier molecular flexibility index (Phi) is 5.90. The molecule has 0 atom stereocenters. The average molecular weight is 340 g/mol. The van der Waals surface area contributed by atoms with Crippen molar-refractivity contribution < 1.29 is 14.4 Å². The van der Waals surface area contributed by atoms with Gasteiger partial charge in [-0.25, -0.2) is 0 Å². The Hall–Kier alpha value is -2.53. The first kappa shape index (κ1) is 17.3. The molecule has 0 radical (unpaired) electrons. The summed E-state index contributed by atoms with van der Waals surface area (Å²) in [6.45, 7) is 5.11. The summed E-state index contributed by atoms with van der Waals surface area (Å²) in [5.41, 5.74) is 2.11. The SMILES string of the molecule is COc1ccc(NC(=O)CC[NH+]2CCN(c3ccccc3)CC2)cc1. The van der Waals surface area contributed by atoms with E-state index in [1.807, 2.05) is 30.3 Å². The highest BCUT2D eigenvalue weighted by Gasteiger charge is 2.20. The lowest BCUT2D eigenvalue weighted by molar-refractivity contribution is -0.900. The summed E-state index contributed by atoms with van der Waals surface area (Å²) in [6.07, 6.45) is 0.548. The summed E-state index contributed by atoms with van der Waals surface area (Å²) in [6, 6.07) is 18.0. The number of ether oxygens (including phenoxy) is 1. The molecule has 1 aliphatic heterocycles. The molecule has 0 aliphatic carbocycles. The fourth-order valence-corrected chi connectivity index (χ4v) is 3.16. The van der Waals surface area contributed by atoms with E-state index in [-0.39, 0.29) is 5.91 Å². The predicted molar refractivity (Wildman–Crippen MR) is 100 cm³/mol. The molecule has 5 nitrogen and oxygen atoms in total. The largest absolute Gasteiger partial charge is 0.497 e. The molecular weight excluding hydrogens is 314 g/mol. The maximum Gasteiger partial charge on any atom is 0.230 e. The van der Waals surface area contributed by atoms with E-state index in [0.29, 0.717) is 6.42 Å². The van der Waals surface area contributed by atoms with Crippen LogP contribution in [0, 0.1) is 0 Å². The third-order valence-electron chi connectivity index (χ3n) is 4.67. The highest BCUT2D eigenvalue weighted by atomic mass is 16.5. The number of anilines is 2. The van der Waals surface area contributed by atoms with Crippen molar-refractivity contribution in [3.63, 3.8) is 0 Å². The first-order chi connectivity index (χ1) is 12.2. The Bertz CT molecular complexity index is 665. The lowest BCUT2D eigenvalue weighted by atomic mass is 10.2. The number of quaternary nitrogens is 1. The first-order valence-corrected chi connectivity index (χ1v) is 8.82. The molecule has 2 aromatic carbocycles. The topological polar surface area (TPSA) is 46.0 Å². The van der Waals surface area contributed by atoms with Crippen molar-refractivity contribution in [3.8, 4) is 5.75 Å². The third kappa shape index (κ3) is 4.97. The van der Waals surface area contributed by atoms with Crippen LogP contribution in [0.15, 0.2) is 54.6 Å². The zero-order chi connectivity index (χ0) is 17.5. The summed E-state index contributed by atoms with van der Waals surface area (Å²) < 4.78 is 5.12. The summed E-state index contributed by atoms with van der Waals surface area (Å²) in [5.74, 6) is 0.863. The quantitative estimate of drug-likeness (QED) is 0.836. The molecule has 132 valence electrons. The van der Waals surface area contributed by atoms with E-state index in [0.717, 1.165) is 44.2 Å². The first-order valence-electron chi connectivity index (χ1n) is 8.82. The number of piperazine rings is 1. The minimum atomic E-state index is 0.0724. The van der Waals surface area contributed by atoms with E-state index in [2.05, 4.69) is 34.5 Å². The van der Waals surface area contributed by atoms with Crippen molar-refractivity contribution >= 4 is 17.3 Å². The van der Waals surface area contributed by atoms with Crippen LogP contribution in [0.25, 0.3) is 0 Å². The molecule has 1 saturated heterocycles. The molecule has 0 spiro atoms. The monoisotopic (exact) mass is 340 g/mol. The molecule has 1 amide bonds. The van der Waals surface area contributed by atoms with Gasteiger partial charge in [0, 0.05) is 11.4 Å². The van der Waals surface area contributed by atoms with Crippen LogP contribution in [-0.2, 0) is 4.79 Å². The van der Waals surface area contributed by atoms with E-state index in [4.69, 9.17) is 4.74 Å². The number of methoxy groups -OCH3 is 1. The van der Waals surface area contributed by atoms with Crippen LogP contribution in [0.2, 0.25) is 0 Å². The Morgan fingerprint density at radius 1 is 1.08 bits per heavy atom. The van der Waals surface area contributed by atoms with E-state index in [1.165, 1.54) is 10.6 Å². The fraction of sp³-hybridized carbons (Fsp3) is 0.350. The standard InChI is InChI=1S/C20H25N3O2/c1-25-19-9-7-17(8-10-19)21-20(24)11-12-22-13-15-23(16-14-22)18-5-3-2-4-6-18/h2-10H,11-16H2,1H3,(H,21,24)/p+1. The van der Waals surface area contributed by atoms with Crippen LogP contribution in [0.4, 0.5) is 11.4 Å². The molecule has 0 aromatic heterocycles. The molecule has 0 saturated carbocycles. The normalized spacial score (nSPS) is 15.0. The second kappa shape index (κ2) is 8.53. The number of nitrogens with zero attached hydrogens (tertiary/aromatic N) is 1. The zero-order valence-electron chi connectivity index (χ0n) is 14.7. The number of hydrogen-bond acceptors (Lipinski definition) is 3. The van der Waals surface area contributed by atoms with Gasteiger partial charge in [0.15, 0.2) is 0 Å². The van der Waals surface area contributed by atoms with E-state index in [9.17, 15) is 4.79 Å². The maximum atomic E-state index is 12.1. The van der Waals surface area contributed by atoms with Gasteiger partial charge in [-0.1, -0.05) is 18.2 Å². The Morgan fingerprint density at radius 2 is 1.76 bits per heavy atom. The van der Waals surface area contributed by atoms with Crippen LogP contribution in [0.5, 0.6) is 5.75 Å². The zero-order valence-corrected chi connectivity index (χ0v) is 14.7. The van der Waals surface area contributed by atoms with Crippen LogP contribution in [0.1, 0.15) is 6.42 Å². The Balaban J connectivity index is 1.39. The second-order valence-electron chi connectivity index (χ2n) is 6.35. The highest BCUT2D eigenvalue weighted by Crippen LogP contribution is 2.15. The van der Waals surface area contributed by atoms with Gasteiger partial charge in [0.05, 0.1) is 46.3 Å². The molecule has 1 fully saturated rings. The molecule has 2 N–H and O–H groups in total. The van der Waals surface area contributed by atoms with Crippen LogP contribution >= 0.6 is 0 Å². The average Bonchev–Trinajstić information content (AvgIpc) is 2.68. The van der Waals surface area contributed by atoms with E-state index in [1.54, 1.807) is 7.11 Å². The number of nitrogens with one attached hydrogen (secondary N) is 2. The minimum Gasteiger partial charge on any atom is -0.497 e. The molecule has 2 aromatic rings. The van der Waals surface area contributed by atoms with E-state index < -0.39 is 0 Å². The number of para-hydroxylation sites is 1. The lowest BCUT2D eigenvalue weighted by Gasteiger charge is -2.33. The summed E-state index contributed by atoms with van der Waals surface area (Å²) in [7, 11) is 1.63. The number of amides is 1. The lowest BCUT2D eigenvalue weighted by Crippen LogP contribution is -3.15. The van der Waals surface area contributed by atoms with Gasteiger partial charge < -0.3 is 19.9 Å². The summed E-state index contributed by atoms with van der Waals surface area (Å²) in [4.78, 5) is 16.0. The smallest absolute Gasteiger partial charge is 0.230 e. The molecular formula is C20H26N3O2+. The van der Waals surface area contributed by atoms with Crippen LogP contribution in [-0.4, -0.2) is 45.7 Å². The molecule has 0 unspecified atom stereocenters. The van der Waals surface area contributed by atoms with Crippen molar-refractivity contribution in [1.82, 2.24) is 0 Å². The van der Waals surface area contributed by atoms with Gasteiger partial charge in [-0.05, 0) is 36.4 Å². The second-order valence-corrected chi connectivity index (χ2v) is 6.35. The van der Waals surface area contributed by atoms with Crippen molar-refractivity contribution in [1.29, 1.82) is 0 Å². The molecule has 1 heterocycles. The number of rotatable bonds is 6. The van der Waals surface area contributed by atoms with Gasteiger partial charge in [0.1, 0.15) is 5.75 Å².